The molecular weight excluding hydrogens is 282 g/mol. The van der Waals surface area contributed by atoms with Crippen molar-refractivity contribution in [2.75, 3.05) is 6.54 Å². The standard InChI is InChI=1S/C11H16BrN5/c1-4-13-10(9-5-6-16(2)15-9)11-8(12)7-14-17(11)3/h5-7,10,13H,4H2,1-3H3. The lowest BCUT2D eigenvalue weighted by Gasteiger charge is -2.16. The van der Waals surface area contributed by atoms with Crippen LogP contribution in [-0.4, -0.2) is 26.1 Å². The van der Waals surface area contributed by atoms with Gasteiger partial charge >= 0.3 is 0 Å². The van der Waals surface area contributed by atoms with E-state index < -0.39 is 0 Å². The Labute approximate surface area is 109 Å². The molecule has 1 unspecified atom stereocenters. The predicted octanol–water partition coefficient (Wildman–Crippen LogP) is 1.61. The molecule has 0 aliphatic carbocycles. The van der Waals surface area contributed by atoms with Gasteiger partial charge in [-0.3, -0.25) is 9.36 Å². The second-order valence-electron chi connectivity index (χ2n) is 3.91. The summed E-state index contributed by atoms with van der Waals surface area (Å²) in [5, 5.41) is 12.1. The molecule has 0 aliphatic rings. The summed E-state index contributed by atoms with van der Waals surface area (Å²) in [5.74, 6) is 0. The van der Waals surface area contributed by atoms with Crippen LogP contribution in [0.3, 0.4) is 0 Å². The molecule has 2 rings (SSSR count). The maximum absolute atomic E-state index is 4.46. The fourth-order valence-corrected chi connectivity index (χ4v) is 2.45. The van der Waals surface area contributed by atoms with E-state index in [4.69, 9.17) is 0 Å². The second-order valence-corrected chi connectivity index (χ2v) is 4.76. The molecule has 0 amide bonds. The Hall–Kier alpha value is -1.14. The van der Waals surface area contributed by atoms with Gasteiger partial charge in [-0.1, -0.05) is 6.92 Å². The lowest BCUT2D eigenvalue weighted by molar-refractivity contribution is 0.551. The van der Waals surface area contributed by atoms with Gasteiger partial charge in [0.1, 0.15) is 0 Å². The first kappa shape index (κ1) is 12.3. The van der Waals surface area contributed by atoms with E-state index in [9.17, 15) is 0 Å². The van der Waals surface area contributed by atoms with E-state index in [1.54, 1.807) is 0 Å². The van der Waals surface area contributed by atoms with Gasteiger partial charge in [0.2, 0.25) is 0 Å². The molecule has 92 valence electrons. The summed E-state index contributed by atoms with van der Waals surface area (Å²) in [6.07, 6.45) is 3.76. The van der Waals surface area contributed by atoms with E-state index >= 15 is 0 Å². The van der Waals surface area contributed by atoms with Crippen LogP contribution < -0.4 is 5.32 Å². The predicted molar refractivity (Wildman–Crippen MR) is 69.6 cm³/mol. The maximum Gasteiger partial charge on any atom is 0.0951 e. The maximum atomic E-state index is 4.46. The Bertz CT molecular complexity index is 482. The average molecular weight is 298 g/mol. The van der Waals surface area contributed by atoms with Gasteiger partial charge in [0.25, 0.3) is 0 Å². The highest BCUT2D eigenvalue weighted by molar-refractivity contribution is 9.10. The van der Waals surface area contributed by atoms with Gasteiger partial charge in [0.15, 0.2) is 0 Å². The van der Waals surface area contributed by atoms with Crippen molar-refractivity contribution in [3.05, 3.63) is 34.3 Å². The van der Waals surface area contributed by atoms with Crippen molar-refractivity contribution in [1.29, 1.82) is 0 Å². The van der Waals surface area contributed by atoms with Crippen molar-refractivity contribution in [2.45, 2.75) is 13.0 Å². The quantitative estimate of drug-likeness (QED) is 0.933. The number of hydrogen-bond donors (Lipinski definition) is 1. The molecule has 0 saturated heterocycles. The van der Waals surface area contributed by atoms with Crippen LogP contribution in [0.25, 0.3) is 0 Å². The summed E-state index contributed by atoms with van der Waals surface area (Å²) < 4.78 is 4.67. The van der Waals surface area contributed by atoms with Crippen LogP contribution in [-0.2, 0) is 14.1 Å². The van der Waals surface area contributed by atoms with Gasteiger partial charge in [-0.15, -0.1) is 0 Å². The molecule has 17 heavy (non-hydrogen) atoms. The molecule has 0 aromatic carbocycles. The minimum absolute atomic E-state index is 0.0584. The van der Waals surface area contributed by atoms with E-state index in [1.807, 2.05) is 41.9 Å². The summed E-state index contributed by atoms with van der Waals surface area (Å²) in [4.78, 5) is 0. The topological polar surface area (TPSA) is 47.7 Å². The second kappa shape index (κ2) is 5.01. The number of hydrogen-bond acceptors (Lipinski definition) is 3. The fraction of sp³-hybridized carbons (Fsp3) is 0.455. The Balaban J connectivity index is 2.42. The van der Waals surface area contributed by atoms with Crippen LogP contribution in [0.4, 0.5) is 0 Å². The lowest BCUT2D eigenvalue weighted by Crippen LogP contribution is -2.25. The van der Waals surface area contributed by atoms with Crippen molar-refractivity contribution in [2.24, 2.45) is 14.1 Å². The average Bonchev–Trinajstić information content (AvgIpc) is 2.84. The van der Waals surface area contributed by atoms with E-state index in [0.29, 0.717) is 0 Å². The highest BCUT2D eigenvalue weighted by Gasteiger charge is 2.21. The number of halogens is 1. The minimum Gasteiger partial charge on any atom is -0.304 e. The van der Waals surface area contributed by atoms with Crippen LogP contribution in [0.1, 0.15) is 24.4 Å². The van der Waals surface area contributed by atoms with E-state index in [-0.39, 0.29) is 6.04 Å². The molecule has 1 N–H and O–H groups in total. The van der Waals surface area contributed by atoms with Crippen molar-refractivity contribution in [1.82, 2.24) is 24.9 Å². The van der Waals surface area contributed by atoms with Gasteiger partial charge in [0, 0.05) is 20.3 Å². The smallest absolute Gasteiger partial charge is 0.0951 e. The molecule has 0 saturated carbocycles. The van der Waals surface area contributed by atoms with E-state index in [1.165, 1.54) is 0 Å². The third kappa shape index (κ3) is 2.42. The number of aryl methyl sites for hydroxylation is 2. The molecule has 0 aliphatic heterocycles. The van der Waals surface area contributed by atoms with Gasteiger partial charge in [-0.2, -0.15) is 10.2 Å². The zero-order chi connectivity index (χ0) is 12.4. The normalized spacial score (nSPS) is 12.9. The van der Waals surface area contributed by atoms with Crippen LogP contribution >= 0.6 is 15.9 Å². The van der Waals surface area contributed by atoms with Crippen molar-refractivity contribution in [3.8, 4) is 0 Å². The van der Waals surface area contributed by atoms with Crippen LogP contribution in [0.5, 0.6) is 0 Å². The third-order valence-electron chi connectivity index (χ3n) is 2.65. The molecule has 0 bridgehead atoms. The first-order valence-corrected chi connectivity index (χ1v) is 6.33. The lowest BCUT2D eigenvalue weighted by atomic mass is 10.1. The summed E-state index contributed by atoms with van der Waals surface area (Å²) in [6.45, 7) is 2.96. The minimum atomic E-state index is 0.0584. The van der Waals surface area contributed by atoms with Crippen molar-refractivity contribution in [3.63, 3.8) is 0 Å². The van der Waals surface area contributed by atoms with Gasteiger partial charge in [-0.25, -0.2) is 0 Å². The summed E-state index contributed by atoms with van der Waals surface area (Å²) >= 11 is 3.53. The van der Waals surface area contributed by atoms with E-state index in [2.05, 4.69) is 38.4 Å². The number of aromatic nitrogens is 4. The molecule has 1 atom stereocenters. The number of nitrogens with one attached hydrogen (secondary N) is 1. The van der Waals surface area contributed by atoms with E-state index in [0.717, 1.165) is 22.4 Å². The largest absolute Gasteiger partial charge is 0.304 e. The van der Waals surface area contributed by atoms with Gasteiger partial charge in [-0.05, 0) is 28.5 Å². The molecular formula is C11H16BrN5. The number of nitrogens with zero attached hydrogens (tertiary/aromatic N) is 4. The van der Waals surface area contributed by atoms with Crippen molar-refractivity contribution < 1.29 is 0 Å². The summed E-state index contributed by atoms with van der Waals surface area (Å²) in [5.41, 5.74) is 2.09. The fourth-order valence-electron chi connectivity index (χ4n) is 1.88. The molecule has 0 spiro atoms. The first-order chi connectivity index (χ1) is 8.13. The molecule has 0 fully saturated rings. The van der Waals surface area contributed by atoms with Crippen molar-refractivity contribution >= 4 is 15.9 Å². The zero-order valence-electron chi connectivity index (χ0n) is 10.2. The Morgan fingerprint density at radius 2 is 2.24 bits per heavy atom. The Morgan fingerprint density at radius 3 is 2.71 bits per heavy atom. The Kier molecular flexibility index (Phi) is 3.63. The molecule has 0 radical (unpaired) electrons. The summed E-state index contributed by atoms with van der Waals surface area (Å²) in [7, 11) is 3.86. The molecule has 5 nitrogen and oxygen atoms in total. The Morgan fingerprint density at radius 1 is 1.47 bits per heavy atom. The summed E-state index contributed by atoms with van der Waals surface area (Å²) in [6, 6.07) is 2.08. The number of rotatable bonds is 4. The van der Waals surface area contributed by atoms with Crippen LogP contribution in [0, 0.1) is 0 Å². The molecule has 2 aromatic rings. The SMILES string of the molecule is CCNC(c1ccn(C)n1)c1c(Br)cnn1C. The zero-order valence-corrected chi connectivity index (χ0v) is 11.8. The van der Waals surface area contributed by atoms with Crippen LogP contribution in [0.2, 0.25) is 0 Å². The highest BCUT2D eigenvalue weighted by atomic mass is 79.9. The monoisotopic (exact) mass is 297 g/mol. The first-order valence-electron chi connectivity index (χ1n) is 5.53. The molecule has 2 aromatic heterocycles. The van der Waals surface area contributed by atoms with Gasteiger partial charge in [0.05, 0.1) is 28.1 Å². The highest BCUT2D eigenvalue weighted by Crippen LogP contribution is 2.26. The van der Waals surface area contributed by atoms with Crippen LogP contribution in [0.15, 0.2) is 22.9 Å². The molecule has 2 heterocycles. The third-order valence-corrected chi connectivity index (χ3v) is 3.26. The molecule has 6 heteroatoms. The van der Waals surface area contributed by atoms with Gasteiger partial charge < -0.3 is 5.32 Å².